The van der Waals surface area contributed by atoms with Crippen LogP contribution in [-0.2, 0) is 10.4 Å². The summed E-state index contributed by atoms with van der Waals surface area (Å²) < 4.78 is 0. The third-order valence-electron chi connectivity index (χ3n) is 3.79. The molecule has 1 unspecified atom stereocenters. The van der Waals surface area contributed by atoms with Gasteiger partial charge in [0.05, 0.1) is 0 Å². The van der Waals surface area contributed by atoms with Crippen molar-refractivity contribution in [2.75, 3.05) is 13.6 Å². The van der Waals surface area contributed by atoms with Gasteiger partial charge in [-0.2, -0.15) is 0 Å². The minimum absolute atomic E-state index is 0.0531. The molecule has 0 aliphatic rings. The molecule has 0 aliphatic heterocycles. The molecule has 0 aromatic heterocycles. The molecule has 4 heteroatoms. The fourth-order valence-corrected chi connectivity index (χ4v) is 2.62. The summed E-state index contributed by atoms with van der Waals surface area (Å²) in [6.45, 7) is 10.8. The van der Waals surface area contributed by atoms with E-state index in [9.17, 15) is 14.7 Å². The van der Waals surface area contributed by atoms with Gasteiger partial charge in [-0.1, -0.05) is 65.8 Å². The van der Waals surface area contributed by atoms with Crippen molar-refractivity contribution in [1.82, 2.24) is 5.32 Å². The van der Waals surface area contributed by atoms with Gasteiger partial charge in [-0.15, -0.1) is 0 Å². The highest BCUT2D eigenvalue weighted by Gasteiger charge is 2.45. The number of hydrogen-bond donors (Lipinski definition) is 2. The van der Waals surface area contributed by atoms with Crippen LogP contribution in [0.5, 0.6) is 0 Å². The lowest BCUT2D eigenvalue weighted by Gasteiger charge is -2.35. The van der Waals surface area contributed by atoms with E-state index in [0.717, 1.165) is 0 Å². The third kappa shape index (κ3) is 4.06. The van der Waals surface area contributed by atoms with Gasteiger partial charge in [0.25, 0.3) is 0 Å². The van der Waals surface area contributed by atoms with E-state index in [0.29, 0.717) is 11.1 Å². The Bertz CT molecular complexity index is 593. The number of ketones is 2. The van der Waals surface area contributed by atoms with E-state index in [4.69, 9.17) is 0 Å². The van der Waals surface area contributed by atoms with Crippen molar-refractivity contribution in [3.63, 3.8) is 0 Å². The Labute approximate surface area is 139 Å². The van der Waals surface area contributed by atoms with Crippen molar-refractivity contribution in [1.29, 1.82) is 0 Å². The summed E-state index contributed by atoms with van der Waals surface area (Å²) in [7, 11) is 1.68. The summed E-state index contributed by atoms with van der Waals surface area (Å²) >= 11 is 0. The standard InChI is InChI=1S/C19H29NO3/c1-17(2,3)15(21)13-10-8-9-11-14(13)19(23,12-20-7)16(22)18(4,5)6/h8-11,20,23H,12H2,1-7H3. The molecular formula is C19H29NO3. The van der Waals surface area contributed by atoms with Gasteiger partial charge in [0.1, 0.15) is 0 Å². The number of Topliss-reactive ketones (excluding diaryl/α,β-unsaturated/α-hetero) is 2. The number of benzene rings is 1. The summed E-state index contributed by atoms with van der Waals surface area (Å²) in [6.07, 6.45) is 0. The van der Waals surface area contributed by atoms with Crippen LogP contribution in [0.1, 0.15) is 57.5 Å². The fourth-order valence-electron chi connectivity index (χ4n) is 2.62. The van der Waals surface area contributed by atoms with Gasteiger partial charge >= 0.3 is 0 Å². The Kier molecular flexibility index (Phi) is 5.55. The summed E-state index contributed by atoms with van der Waals surface area (Å²) in [5, 5.41) is 14.1. The van der Waals surface area contributed by atoms with Crippen molar-refractivity contribution < 1.29 is 14.7 Å². The van der Waals surface area contributed by atoms with Crippen molar-refractivity contribution >= 4 is 11.6 Å². The number of carbonyl (C=O) groups is 2. The lowest BCUT2D eigenvalue weighted by molar-refractivity contribution is -0.146. The molecule has 0 bridgehead atoms. The van der Waals surface area contributed by atoms with Crippen molar-refractivity contribution in [2.24, 2.45) is 10.8 Å². The summed E-state index contributed by atoms with van der Waals surface area (Å²) in [5.74, 6) is -0.405. The molecule has 0 amide bonds. The van der Waals surface area contributed by atoms with Gasteiger partial charge in [0.15, 0.2) is 17.2 Å². The van der Waals surface area contributed by atoms with Crippen LogP contribution in [0.4, 0.5) is 0 Å². The molecule has 1 rings (SSSR count). The number of rotatable bonds is 5. The number of likely N-dealkylation sites (N-methyl/N-ethyl adjacent to an activating group) is 1. The zero-order valence-electron chi connectivity index (χ0n) is 15.3. The molecule has 0 saturated heterocycles. The number of hydrogen-bond acceptors (Lipinski definition) is 4. The molecule has 0 radical (unpaired) electrons. The van der Waals surface area contributed by atoms with Crippen LogP contribution < -0.4 is 5.32 Å². The van der Waals surface area contributed by atoms with Gasteiger partial charge < -0.3 is 10.4 Å². The first-order chi connectivity index (χ1) is 10.4. The SMILES string of the molecule is CNCC(O)(C(=O)C(C)(C)C)c1ccccc1C(=O)C(C)(C)C. The highest BCUT2D eigenvalue weighted by molar-refractivity contribution is 6.04. The average molecular weight is 319 g/mol. The molecule has 1 aromatic rings. The van der Waals surface area contributed by atoms with E-state index in [-0.39, 0.29) is 18.1 Å². The molecule has 1 aromatic carbocycles. The molecule has 128 valence electrons. The molecule has 0 aliphatic carbocycles. The maximum atomic E-state index is 12.9. The average Bonchev–Trinajstić information content (AvgIpc) is 2.44. The van der Waals surface area contributed by atoms with E-state index in [1.165, 1.54) is 0 Å². The molecule has 0 fully saturated rings. The highest BCUT2D eigenvalue weighted by atomic mass is 16.3. The van der Waals surface area contributed by atoms with Crippen LogP contribution in [0.3, 0.4) is 0 Å². The van der Waals surface area contributed by atoms with Crippen molar-refractivity contribution in [3.05, 3.63) is 35.4 Å². The quantitative estimate of drug-likeness (QED) is 0.819. The van der Waals surface area contributed by atoms with Crippen LogP contribution in [0.2, 0.25) is 0 Å². The second kappa shape index (κ2) is 6.54. The maximum absolute atomic E-state index is 12.9. The molecular weight excluding hydrogens is 290 g/mol. The van der Waals surface area contributed by atoms with Gasteiger partial charge in [0.2, 0.25) is 0 Å². The Balaban J connectivity index is 3.58. The maximum Gasteiger partial charge on any atom is 0.175 e. The van der Waals surface area contributed by atoms with E-state index in [1.54, 1.807) is 52.1 Å². The number of carbonyl (C=O) groups excluding carboxylic acids is 2. The lowest BCUT2D eigenvalue weighted by atomic mass is 9.73. The lowest BCUT2D eigenvalue weighted by Crippen LogP contribution is -2.50. The zero-order valence-corrected chi connectivity index (χ0v) is 15.3. The largest absolute Gasteiger partial charge is 0.376 e. The molecule has 0 saturated carbocycles. The second-order valence-corrected chi connectivity index (χ2v) is 8.09. The predicted octanol–water partition coefficient (Wildman–Crippen LogP) is 2.94. The van der Waals surface area contributed by atoms with Crippen LogP contribution >= 0.6 is 0 Å². The molecule has 2 N–H and O–H groups in total. The Morgan fingerprint density at radius 1 is 1.00 bits per heavy atom. The minimum atomic E-state index is -1.75. The normalized spacial score (nSPS) is 15.1. The number of nitrogens with one attached hydrogen (secondary N) is 1. The Morgan fingerprint density at radius 2 is 1.52 bits per heavy atom. The van der Waals surface area contributed by atoms with Gasteiger partial charge in [-0.25, -0.2) is 0 Å². The van der Waals surface area contributed by atoms with E-state index in [1.807, 2.05) is 20.8 Å². The first kappa shape index (κ1) is 19.5. The number of aliphatic hydroxyl groups is 1. The second-order valence-electron chi connectivity index (χ2n) is 8.09. The Hall–Kier alpha value is -1.52. The van der Waals surface area contributed by atoms with Crippen LogP contribution in [0, 0.1) is 10.8 Å². The molecule has 0 spiro atoms. The van der Waals surface area contributed by atoms with Gasteiger partial charge in [-0.3, -0.25) is 9.59 Å². The first-order valence-corrected chi connectivity index (χ1v) is 7.92. The summed E-state index contributed by atoms with van der Waals surface area (Å²) in [5.41, 5.74) is -2.31. The monoisotopic (exact) mass is 319 g/mol. The molecule has 1 atom stereocenters. The van der Waals surface area contributed by atoms with Gasteiger partial charge in [-0.05, 0) is 7.05 Å². The minimum Gasteiger partial charge on any atom is -0.376 e. The highest BCUT2D eigenvalue weighted by Crippen LogP contribution is 2.35. The van der Waals surface area contributed by atoms with Gasteiger partial charge in [0, 0.05) is 28.5 Å². The van der Waals surface area contributed by atoms with E-state index in [2.05, 4.69) is 5.32 Å². The summed E-state index contributed by atoms with van der Waals surface area (Å²) in [4.78, 5) is 25.7. The van der Waals surface area contributed by atoms with Crippen molar-refractivity contribution in [2.45, 2.75) is 47.1 Å². The zero-order chi connectivity index (χ0) is 18.1. The van der Waals surface area contributed by atoms with Crippen LogP contribution in [-0.4, -0.2) is 30.3 Å². The first-order valence-electron chi connectivity index (χ1n) is 7.92. The third-order valence-corrected chi connectivity index (χ3v) is 3.79. The predicted molar refractivity (Wildman–Crippen MR) is 92.5 cm³/mol. The molecule has 0 heterocycles. The molecule has 23 heavy (non-hydrogen) atoms. The summed E-state index contributed by atoms with van der Waals surface area (Å²) in [6, 6.07) is 6.84. The topological polar surface area (TPSA) is 66.4 Å². The fraction of sp³-hybridized carbons (Fsp3) is 0.579. The van der Waals surface area contributed by atoms with Crippen LogP contribution in [0.15, 0.2) is 24.3 Å². The van der Waals surface area contributed by atoms with E-state index >= 15 is 0 Å². The van der Waals surface area contributed by atoms with Crippen molar-refractivity contribution in [3.8, 4) is 0 Å². The molecule has 4 nitrogen and oxygen atoms in total. The Morgan fingerprint density at radius 3 is 1.96 bits per heavy atom. The van der Waals surface area contributed by atoms with E-state index < -0.39 is 16.4 Å². The smallest absolute Gasteiger partial charge is 0.175 e. The van der Waals surface area contributed by atoms with Crippen LogP contribution in [0.25, 0.3) is 0 Å².